The standard InChI is InChI=1S/C19H38O.C2H4O2/c1-3-4-5-6-7-8-9-10-11-12-13-14-15-16-17-18-19(2)20;1-2(3)4/h3-18H2,1-2H3;1H3,(H,3,4). The summed E-state index contributed by atoms with van der Waals surface area (Å²) in [6.07, 6.45) is 21.6. The summed E-state index contributed by atoms with van der Waals surface area (Å²) in [5, 5.41) is 7.42. The van der Waals surface area contributed by atoms with Crippen LogP contribution in [0.25, 0.3) is 0 Å². The van der Waals surface area contributed by atoms with Gasteiger partial charge in [0.25, 0.3) is 5.97 Å². The molecule has 3 nitrogen and oxygen atoms in total. The monoisotopic (exact) mass is 342 g/mol. The quantitative estimate of drug-likeness (QED) is 0.309. The van der Waals surface area contributed by atoms with Crippen LogP contribution in [0.3, 0.4) is 0 Å². The van der Waals surface area contributed by atoms with E-state index in [-0.39, 0.29) is 0 Å². The molecule has 0 amide bonds. The van der Waals surface area contributed by atoms with Gasteiger partial charge in [-0.3, -0.25) is 4.79 Å². The zero-order valence-corrected chi connectivity index (χ0v) is 16.6. The van der Waals surface area contributed by atoms with Crippen LogP contribution < -0.4 is 0 Å². The van der Waals surface area contributed by atoms with Gasteiger partial charge in [0.1, 0.15) is 5.78 Å². The van der Waals surface area contributed by atoms with Crippen LogP contribution >= 0.6 is 0 Å². The third-order valence-electron chi connectivity index (χ3n) is 4.13. The Hall–Kier alpha value is -0.860. The van der Waals surface area contributed by atoms with Gasteiger partial charge in [-0.15, -0.1) is 0 Å². The molecule has 24 heavy (non-hydrogen) atoms. The van der Waals surface area contributed by atoms with Crippen molar-refractivity contribution in [2.24, 2.45) is 0 Å². The van der Waals surface area contributed by atoms with Crippen molar-refractivity contribution in [2.45, 2.75) is 124 Å². The largest absolute Gasteiger partial charge is 0.481 e. The molecule has 0 aromatic rings. The molecule has 144 valence electrons. The average molecular weight is 343 g/mol. The summed E-state index contributed by atoms with van der Waals surface area (Å²) >= 11 is 0. The lowest BCUT2D eigenvalue weighted by Gasteiger charge is -2.03. The van der Waals surface area contributed by atoms with Gasteiger partial charge >= 0.3 is 0 Å². The van der Waals surface area contributed by atoms with Gasteiger partial charge in [0.15, 0.2) is 0 Å². The number of ketones is 1. The fraction of sp³-hybridized carbons (Fsp3) is 0.905. The highest BCUT2D eigenvalue weighted by atomic mass is 16.4. The normalized spacial score (nSPS) is 10.1. The number of aliphatic carboxylic acids is 1. The number of hydrogen-bond acceptors (Lipinski definition) is 2. The predicted molar refractivity (Wildman–Crippen MR) is 104 cm³/mol. The smallest absolute Gasteiger partial charge is 0.300 e. The number of carbonyl (C=O) groups excluding carboxylic acids is 1. The van der Waals surface area contributed by atoms with E-state index >= 15 is 0 Å². The van der Waals surface area contributed by atoms with Crippen molar-refractivity contribution in [2.75, 3.05) is 0 Å². The third kappa shape index (κ3) is 32.9. The Morgan fingerprint density at radius 1 is 0.583 bits per heavy atom. The Morgan fingerprint density at radius 3 is 1.08 bits per heavy atom. The SMILES string of the molecule is CC(=O)O.CCCCCCCCCCCCCCCCCC(C)=O. The highest BCUT2D eigenvalue weighted by molar-refractivity contribution is 5.75. The summed E-state index contributed by atoms with van der Waals surface area (Å²) in [6.45, 7) is 5.06. The molecule has 1 N–H and O–H groups in total. The maximum atomic E-state index is 10.8. The van der Waals surface area contributed by atoms with Crippen LogP contribution in [0.1, 0.15) is 124 Å². The first-order valence-electron chi connectivity index (χ1n) is 10.2. The minimum Gasteiger partial charge on any atom is -0.481 e. The summed E-state index contributed by atoms with van der Waals surface area (Å²) in [4.78, 5) is 19.8. The average Bonchev–Trinajstić information content (AvgIpc) is 2.50. The molecule has 3 heteroatoms. The number of unbranched alkanes of at least 4 members (excludes halogenated alkanes) is 14. The van der Waals surface area contributed by atoms with Crippen molar-refractivity contribution < 1.29 is 14.7 Å². The molecule has 0 rings (SSSR count). The third-order valence-corrected chi connectivity index (χ3v) is 4.13. The number of carboxylic acids is 1. The zero-order chi connectivity index (χ0) is 18.5. The highest BCUT2D eigenvalue weighted by Crippen LogP contribution is 2.13. The van der Waals surface area contributed by atoms with E-state index in [1.54, 1.807) is 6.92 Å². The summed E-state index contributed by atoms with van der Waals surface area (Å²) in [6, 6.07) is 0. The van der Waals surface area contributed by atoms with Crippen LogP contribution in [-0.4, -0.2) is 16.9 Å². The molecular weight excluding hydrogens is 300 g/mol. The van der Waals surface area contributed by atoms with Crippen LogP contribution in [-0.2, 0) is 9.59 Å². The second-order valence-corrected chi connectivity index (χ2v) is 6.92. The highest BCUT2D eigenvalue weighted by Gasteiger charge is 1.95. The van der Waals surface area contributed by atoms with E-state index in [1.807, 2.05) is 0 Å². The maximum absolute atomic E-state index is 10.8. The van der Waals surface area contributed by atoms with E-state index < -0.39 is 5.97 Å². The molecule has 0 unspecified atom stereocenters. The number of hydrogen-bond donors (Lipinski definition) is 1. The summed E-state index contributed by atoms with van der Waals surface area (Å²) < 4.78 is 0. The Morgan fingerprint density at radius 2 is 0.833 bits per heavy atom. The van der Waals surface area contributed by atoms with Crippen molar-refractivity contribution in [1.29, 1.82) is 0 Å². The number of Topliss-reactive ketones (excluding diaryl/α,β-unsaturated/α-hetero) is 1. The van der Waals surface area contributed by atoms with Crippen molar-refractivity contribution in [3.05, 3.63) is 0 Å². The lowest BCUT2D eigenvalue weighted by atomic mass is 10.0. The molecule has 0 saturated carbocycles. The van der Waals surface area contributed by atoms with E-state index in [9.17, 15) is 4.79 Å². The van der Waals surface area contributed by atoms with Gasteiger partial charge in [-0.05, 0) is 13.3 Å². The van der Waals surface area contributed by atoms with E-state index in [1.165, 1.54) is 89.9 Å². The minimum atomic E-state index is -0.833. The Balaban J connectivity index is 0. The van der Waals surface area contributed by atoms with Crippen molar-refractivity contribution in [3.63, 3.8) is 0 Å². The minimum absolute atomic E-state index is 0.347. The van der Waals surface area contributed by atoms with Crippen molar-refractivity contribution in [3.8, 4) is 0 Å². The molecule has 0 aromatic carbocycles. The molecule has 0 aliphatic carbocycles. The second-order valence-electron chi connectivity index (χ2n) is 6.92. The first-order chi connectivity index (χ1) is 11.5. The summed E-state index contributed by atoms with van der Waals surface area (Å²) in [7, 11) is 0. The molecule has 0 radical (unpaired) electrons. The summed E-state index contributed by atoms with van der Waals surface area (Å²) in [5.41, 5.74) is 0. The molecule has 0 aliphatic heterocycles. The Bertz CT molecular complexity index is 270. The van der Waals surface area contributed by atoms with Crippen molar-refractivity contribution >= 4 is 11.8 Å². The lowest BCUT2D eigenvalue weighted by Crippen LogP contribution is -1.89. The van der Waals surface area contributed by atoms with Crippen LogP contribution in [0.15, 0.2) is 0 Å². The van der Waals surface area contributed by atoms with Crippen LogP contribution in [0, 0.1) is 0 Å². The first kappa shape index (κ1) is 25.4. The lowest BCUT2D eigenvalue weighted by molar-refractivity contribution is -0.134. The predicted octanol–water partition coefficient (Wildman–Crippen LogP) is 6.93. The van der Waals surface area contributed by atoms with E-state index in [0.717, 1.165) is 19.8 Å². The van der Waals surface area contributed by atoms with Gasteiger partial charge < -0.3 is 9.90 Å². The van der Waals surface area contributed by atoms with Crippen LogP contribution in [0.4, 0.5) is 0 Å². The van der Waals surface area contributed by atoms with E-state index in [4.69, 9.17) is 9.90 Å². The second kappa shape index (κ2) is 22.1. The van der Waals surface area contributed by atoms with Gasteiger partial charge in [-0.1, -0.05) is 96.8 Å². The molecule has 0 aliphatic rings. The van der Waals surface area contributed by atoms with Crippen LogP contribution in [0.2, 0.25) is 0 Å². The molecule has 0 aromatic heterocycles. The molecule has 0 spiro atoms. The van der Waals surface area contributed by atoms with Crippen LogP contribution in [0.5, 0.6) is 0 Å². The molecule has 0 atom stereocenters. The van der Waals surface area contributed by atoms with Gasteiger partial charge in [0.05, 0.1) is 0 Å². The summed E-state index contributed by atoms with van der Waals surface area (Å²) in [5.74, 6) is -0.486. The molecule has 0 saturated heterocycles. The maximum Gasteiger partial charge on any atom is 0.300 e. The fourth-order valence-electron chi connectivity index (χ4n) is 2.75. The zero-order valence-electron chi connectivity index (χ0n) is 16.6. The fourth-order valence-corrected chi connectivity index (χ4v) is 2.75. The van der Waals surface area contributed by atoms with Gasteiger partial charge in [0.2, 0.25) is 0 Å². The molecule has 0 fully saturated rings. The van der Waals surface area contributed by atoms with E-state index in [0.29, 0.717) is 5.78 Å². The van der Waals surface area contributed by atoms with E-state index in [2.05, 4.69) is 6.92 Å². The van der Waals surface area contributed by atoms with Gasteiger partial charge in [-0.2, -0.15) is 0 Å². The number of carboxylic acid groups (broad SMARTS) is 1. The molecule has 0 bridgehead atoms. The molecular formula is C21H42O3. The van der Waals surface area contributed by atoms with Crippen molar-refractivity contribution in [1.82, 2.24) is 0 Å². The van der Waals surface area contributed by atoms with Gasteiger partial charge in [0, 0.05) is 13.3 Å². The molecule has 0 heterocycles. The first-order valence-corrected chi connectivity index (χ1v) is 10.2. The number of carbonyl (C=O) groups is 2. The Kier molecular flexibility index (Phi) is 23.4. The van der Waals surface area contributed by atoms with Gasteiger partial charge in [-0.25, -0.2) is 0 Å². The Labute approximate surface area is 150 Å². The topological polar surface area (TPSA) is 54.4 Å². The number of rotatable bonds is 16.